The lowest BCUT2D eigenvalue weighted by Crippen LogP contribution is -2.30. The van der Waals surface area contributed by atoms with Crippen LogP contribution in [-0.4, -0.2) is 32.6 Å². The Morgan fingerprint density at radius 3 is 2.79 bits per heavy atom. The van der Waals surface area contributed by atoms with Crippen LogP contribution in [0, 0.1) is 0 Å². The maximum atomic E-state index is 12.7. The van der Waals surface area contributed by atoms with Gasteiger partial charge in [-0.2, -0.15) is 5.10 Å². The second-order valence-electron chi connectivity index (χ2n) is 5.50. The molecule has 0 bridgehead atoms. The molecule has 2 heterocycles. The van der Waals surface area contributed by atoms with E-state index in [-0.39, 0.29) is 11.9 Å². The van der Waals surface area contributed by atoms with Crippen LogP contribution < -0.4 is 0 Å². The first-order valence-electron chi connectivity index (χ1n) is 7.55. The Balaban J connectivity index is 1.81. The first kappa shape index (κ1) is 16.4. The first-order valence-corrected chi connectivity index (χ1v) is 8.34. The molecule has 1 amide bonds. The van der Waals surface area contributed by atoms with Gasteiger partial charge in [-0.3, -0.25) is 9.78 Å². The normalized spacial score (nSPS) is 12.0. The van der Waals surface area contributed by atoms with Gasteiger partial charge in [0.15, 0.2) is 5.69 Å². The van der Waals surface area contributed by atoms with Crippen molar-refractivity contribution in [3.63, 3.8) is 0 Å². The number of carbonyl (C=O) groups excluding carboxylic acids is 1. The van der Waals surface area contributed by atoms with Gasteiger partial charge in [0.05, 0.1) is 11.7 Å². The summed E-state index contributed by atoms with van der Waals surface area (Å²) in [5.74, 6) is -0.125. The summed E-state index contributed by atoms with van der Waals surface area (Å²) >= 11 is 3.44. The van der Waals surface area contributed by atoms with Crippen LogP contribution in [0.2, 0.25) is 0 Å². The molecular weight excluding hydrogens is 368 g/mol. The lowest BCUT2D eigenvalue weighted by atomic mass is 10.1. The number of hydrogen-bond donors (Lipinski definition) is 0. The van der Waals surface area contributed by atoms with Gasteiger partial charge in [-0.1, -0.05) is 28.1 Å². The highest BCUT2D eigenvalue weighted by atomic mass is 79.9. The zero-order chi connectivity index (χ0) is 17.1. The highest BCUT2D eigenvalue weighted by molar-refractivity contribution is 9.10. The van der Waals surface area contributed by atoms with Gasteiger partial charge < -0.3 is 4.90 Å². The largest absolute Gasteiger partial charge is 0.333 e. The number of carbonyl (C=O) groups is 1. The fourth-order valence-electron chi connectivity index (χ4n) is 2.40. The molecule has 0 aliphatic rings. The molecule has 24 heavy (non-hydrogen) atoms. The fraction of sp³-hybridized carbons (Fsp3) is 0.167. The van der Waals surface area contributed by atoms with E-state index in [0.717, 1.165) is 15.7 Å². The Bertz CT molecular complexity index is 847. The van der Waals surface area contributed by atoms with Gasteiger partial charge in [0.1, 0.15) is 0 Å². The van der Waals surface area contributed by atoms with E-state index in [1.165, 1.54) is 0 Å². The number of pyridine rings is 1. The van der Waals surface area contributed by atoms with Crippen LogP contribution in [0.4, 0.5) is 0 Å². The molecule has 0 aliphatic heterocycles. The smallest absolute Gasteiger partial charge is 0.274 e. The van der Waals surface area contributed by atoms with E-state index in [1.807, 2.05) is 43.3 Å². The molecule has 0 fully saturated rings. The predicted molar refractivity (Wildman–Crippen MR) is 96.0 cm³/mol. The Hall–Kier alpha value is -2.47. The first-order chi connectivity index (χ1) is 11.6. The number of aromatic nitrogens is 3. The van der Waals surface area contributed by atoms with E-state index < -0.39 is 0 Å². The van der Waals surface area contributed by atoms with Gasteiger partial charge in [-0.25, -0.2) is 4.68 Å². The van der Waals surface area contributed by atoms with Crippen molar-refractivity contribution in [2.24, 2.45) is 0 Å². The highest BCUT2D eigenvalue weighted by Crippen LogP contribution is 2.20. The van der Waals surface area contributed by atoms with Crippen LogP contribution in [0.15, 0.2) is 65.5 Å². The number of hydrogen-bond acceptors (Lipinski definition) is 3. The van der Waals surface area contributed by atoms with Crippen LogP contribution in [-0.2, 0) is 0 Å². The van der Waals surface area contributed by atoms with Gasteiger partial charge in [-0.05, 0) is 42.8 Å². The average molecular weight is 385 g/mol. The van der Waals surface area contributed by atoms with Crippen LogP contribution in [0.1, 0.15) is 29.0 Å². The molecule has 0 spiro atoms. The standard InChI is InChI=1S/C18H17BrN4O/c1-13(14-5-4-9-20-12-14)22(2)18(24)17-8-10-23(21-17)16-7-3-6-15(19)11-16/h3-13H,1-2H3. The van der Waals surface area contributed by atoms with Crippen molar-refractivity contribution < 1.29 is 4.79 Å². The second kappa shape index (κ2) is 6.97. The van der Waals surface area contributed by atoms with Gasteiger partial charge in [0.25, 0.3) is 5.91 Å². The van der Waals surface area contributed by atoms with E-state index >= 15 is 0 Å². The minimum absolute atomic E-state index is 0.0813. The molecule has 0 radical (unpaired) electrons. The summed E-state index contributed by atoms with van der Waals surface area (Å²) in [5, 5.41) is 4.41. The predicted octanol–water partition coefficient (Wildman–Crippen LogP) is 3.86. The molecule has 0 saturated carbocycles. The molecule has 3 rings (SSSR count). The molecule has 1 aromatic carbocycles. The van der Waals surface area contributed by atoms with Gasteiger partial charge >= 0.3 is 0 Å². The van der Waals surface area contributed by atoms with Crippen molar-refractivity contribution in [3.8, 4) is 5.69 Å². The molecule has 6 heteroatoms. The Labute approximate surface area is 149 Å². The van der Waals surface area contributed by atoms with E-state index in [2.05, 4.69) is 26.0 Å². The van der Waals surface area contributed by atoms with Gasteiger partial charge in [0.2, 0.25) is 0 Å². The van der Waals surface area contributed by atoms with Gasteiger partial charge in [-0.15, -0.1) is 0 Å². The molecule has 3 aromatic rings. The highest BCUT2D eigenvalue weighted by Gasteiger charge is 2.21. The molecule has 0 aliphatic carbocycles. The molecule has 2 aromatic heterocycles. The zero-order valence-electron chi connectivity index (χ0n) is 13.4. The number of nitrogens with zero attached hydrogens (tertiary/aromatic N) is 4. The van der Waals surface area contributed by atoms with Crippen molar-refractivity contribution in [3.05, 3.63) is 76.8 Å². The van der Waals surface area contributed by atoms with E-state index in [0.29, 0.717) is 5.69 Å². The number of benzene rings is 1. The van der Waals surface area contributed by atoms with Gasteiger partial charge in [0, 0.05) is 30.1 Å². The van der Waals surface area contributed by atoms with Crippen molar-refractivity contribution in [2.75, 3.05) is 7.05 Å². The second-order valence-corrected chi connectivity index (χ2v) is 6.42. The zero-order valence-corrected chi connectivity index (χ0v) is 15.0. The van der Waals surface area contributed by atoms with Crippen LogP contribution in [0.5, 0.6) is 0 Å². The van der Waals surface area contributed by atoms with Crippen molar-refractivity contribution in [2.45, 2.75) is 13.0 Å². The van der Waals surface area contributed by atoms with Crippen molar-refractivity contribution >= 4 is 21.8 Å². The monoisotopic (exact) mass is 384 g/mol. The molecule has 5 nitrogen and oxygen atoms in total. The van der Waals surface area contributed by atoms with Crippen molar-refractivity contribution in [1.29, 1.82) is 0 Å². The summed E-state index contributed by atoms with van der Waals surface area (Å²) < 4.78 is 2.66. The quantitative estimate of drug-likeness (QED) is 0.685. The third-order valence-corrected chi connectivity index (χ3v) is 4.44. The molecule has 122 valence electrons. The third kappa shape index (κ3) is 3.38. The third-order valence-electron chi connectivity index (χ3n) is 3.95. The Kier molecular flexibility index (Phi) is 4.76. The summed E-state index contributed by atoms with van der Waals surface area (Å²) in [6.07, 6.45) is 5.28. The maximum Gasteiger partial charge on any atom is 0.274 e. The van der Waals surface area contributed by atoms with Crippen LogP contribution in [0.3, 0.4) is 0 Å². The minimum Gasteiger partial charge on any atom is -0.333 e. The summed E-state index contributed by atoms with van der Waals surface area (Å²) in [5.41, 5.74) is 2.29. The van der Waals surface area contributed by atoms with Crippen molar-refractivity contribution in [1.82, 2.24) is 19.7 Å². The van der Waals surface area contributed by atoms with Crippen LogP contribution >= 0.6 is 15.9 Å². The average Bonchev–Trinajstić information content (AvgIpc) is 3.10. The minimum atomic E-state index is -0.125. The summed E-state index contributed by atoms with van der Waals surface area (Å²) in [4.78, 5) is 18.5. The van der Waals surface area contributed by atoms with E-state index in [4.69, 9.17) is 0 Å². The van der Waals surface area contributed by atoms with E-state index in [1.54, 1.807) is 41.3 Å². The fourth-order valence-corrected chi connectivity index (χ4v) is 2.79. The number of rotatable bonds is 4. The molecule has 1 atom stereocenters. The van der Waals surface area contributed by atoms with E-state index in [9.17, 15) is 4.79 Å². The molecular formula is C18H17BrN4O. The lowest BCUT2D eigenvalue weighted by molar-refractivity contribution is 0.0736. The Morgan fingerprint density at radius 2 is 2.08 bits per heavy atom. The maximum absolute atomic E-state index is 12.7. The SMILES string of the molecule is CC(c1cccnc1)N(C)C(=O)c1ccn(-c2cccc(Br)c2)n1. The molecule has 1 unspecified atom stereocenters. The molecule has 0 N–H and O–H groups in total. The Morgan fingerprint density at radius 1 is 1.25 bits per heavy atom. The summed E-state index contributed by atoms with van der Waals surface area (Å²) in [6, 6.07) is 13.2. The van der Waals surface area contributed by atoms with Crippen LogP contribution in [0.25, 0.3) is 5.69 Å². The lowest BCUT2D eigenvalue weighted by Gasteiger charge is -2.24. The summed E-state index contributed by atoms with van der Waals surface area (Å²) in [6.45, 7) is 1.97. The number of amides is 1. The molecule has 0 saturated heterocycles. The summed E-state index contributed by atoms with van der Waals surface area (Å²) in [7, 11) is 1.78. The number of halogens is 1. The topological polar surface area (TPSA) is 51.0 Å².